The van der Waals surface area contributed by atoms with Gasteiger partial charge in [-0.05, 0) is 25.7 Å². The molecule has 2 nitrogen and oxygen atoms in total. The third-order valence-electron chi connectivity index (χ3n) is 1.93. The summed E-state index contributed by atoms with van der Waals surface area (Å²) in [7, 11) is 0. The zero-order chi connectivity index (χ0) is 10.3. The van der Waals surface area contributed by atoms with Gasteiger partial charge in [0.1, 0.15) is 0 Å². The fourth-order valence-electron chi connectivity index (χ4n) is 0. The van der Waals surface area contributed by atoms with Crippen LogP contribution >= 0.6 is 0 Å². The van der Waals surface area contributed by atoms with Gasteiger partial charge >= 0.3 is 0 Å². The van der Waals surface area contributed by atoms with Gasteiger partial charge in [-0.3, -0.25) is 0 Å². The first kappa shape index (κ1) is 14.4. The van der Waals surface area contributed by atoms with Crippen molar-refractivity contribution in [2.24, 2.45) is 11.8 Å². The van der Waals surface area contributed by atoms with Gasteiger partial charge in [0.2, 0.25) is 0 Å². The molecule has 2 N–H and O–H groups in total. The number of aliphatic hydroxyl groups excluding tert-OH is 2. The highest BCUT2D eigenvalue weighted by atomic mass is 16.3. The monoisotopic (exact) mass is 176 g/mol. The first-order chi connectivity index (χ1) is 5.29. The molecule has 0 rings (SSSR count). The Morgan fingerprint density at radius 1 is 0.583 bits per heavy atom. The standard InChI is InChI=1S/2C5H12O/c2*1-4(2)5(3)6/h2*4-6H,1-3H3/t2*5-/m00/s1. The first-order valence-corrected chi connectivity index (χ1v) is 4.65. The lowest BCUT2D eigenvalue weighted by Gasteiger charge is -2.04. The average molecular weight is 176 g/mol. The lowest BCUT2D eigenvalue weighted by atomic mass is 10.1. The van der Waals surface area contributed by atoms with Crippen LogP contribution < -0.4 is 0 Å². The highest BCUT2D eigenvalue weighted by Gasteiger charge is 1.98. The third kappa shape index (κ3) is 12.6. The van der Waals surface area contributed by atoms with Crippen LogP contribution in [0.15, 0.2) is 0 Å². The smallest absolute Gasteiger partial charge is 0.0535 e. The predicted molar refractivity (Wildman–Crippen MR) is 53.0 cm³/mol. The van der Waals surface area contributed by atoms with Crippen molar-refractivity contribution in [1.29, 1.82) is 0 Å². The van der Waals surface area contributed by atoms with Crippen molar-refractivity contribution in [3.8, 4) is 0 Å². The lowest BCUT2D eigenvalue weighted by molar-refractivity contribution is 0.144. The van der Waals surface area contributed by atoms with Gasteiger partial charge in [0.15, 0.2) is 0 Å². The molecule has 0 heterocycles. The van der Waals surface area contributed by atoms with E-state index in [2.05, 4.69) is 0 Å². The minimum atomic E-state index is -0.148. The lowest BCUT2D eigenvalue weighted by Crippen LogP contribution is -2.07. The van der Waals surface area contributed by atoms with Crippen molar-refractivity contribution in [3.63, 3.8) is 0 Å². The van der Waals surface area contributed by atoms with Crippen molar-refractivity contribution in [2.45, 2.75) is 53.8 Å². The highest BCUT2D eigenvalue weighted by molar-refractivity contribution is 4.49. The second-order valence-electron chi connectivity index (χ2n) is 3.97. The van der Waals surface area contributed by atoms with E-state index in [9.17, 15) is 0 Å². The molecule has 0 aromatic carbocycles. The Bertz CT molecular complexity index is 61.8. The van der Waals surface area contributed by atoms with E-state index in [1.807, 2.05) is 27.7 Å². The fraction of sp³-hybridized carbons (Fsp3) is 1.00. The van der Waals surface area contributed by atoms with Gasteiger partial charge in [0, 0.05) is 0 Å². The summed E-state index contributed by atoms with van der Waals surface area (Å²) < 4.78 is 0. The van der Waals surface area contributed by atoms with Gasteiger partial charge < -0.3 is 10.2 Å². The molecule has 76 valence electrons. The minimum Gasteiger partial charge on any atom is -0.393 e. The van der Waals surface area contributed by atoms with Gasteiger partial charge in [0.25, 0.3) is 0 Å². The molecule has 0 amide bonds. The molecule has 0 saturated heterocycles. The summed E-state index contributed by atoms with van der Waals surface area (Å²) >= 11 is 0. The van der Waals surface area contributed by atoms with Crippen LogP contribution in [0.4, 0.5) is 0 Å². The first-order valence-electron chi connectivity index (χ1n) is 4.65. The molecule has 0 aromatic rings. The Hall–Kier alpha value is -0.0800. The molecule has 0 saturated carbocycles. The number of aliphatic hydroxyl groups is 2. The van der Waals surface area contributed by atoms with Crippen molar-refractivity contribution >= 4 is 0 Å². The molecule has 2 atom stereocenters. The minimum absolute atomic E-state index is 0.148. The summed E-state index contributed by atoms with van der Waals surface area (Å²) in [6.07, 6.45) is -0.296. The zero-order valence-electron chi connectivity index (χ0n) is 9.20. The van der Waals surface area contributed by atoms with Crippen molar-refractivity contribution in [3.05, 3.63) is 0 Å². The summed E-state index contributed by atoms with van der Waals surface area (Å²) in [4.78, 5) is 0. The van der Waals surface area contributed by atoms with Crippen molar-refractivity contribution < 1.29 is 10.2 Å². The molecule has 0 aliphatic rings. The van der Waals surface area contributed by atoms with Crippen LogP contribution in [0, 0.1) is 11.8 Å². The number of rotatable bonds is 2. The average Bonchev–Trinajstić information content (AvgIpc) is 1.88. The molecule has 0 aliphatic heterocycles. The van der Waals surface area contributed by atoms with Crippen LogP contribution in [0.5, 0.6) is 0 Å². The van der Waals surface area contributed by atoms with Crippen LogP contribution in [0.2, 0.25) is 0 Å². The summed E-state index contributed by atoms with van der Waals surface area (Å²) in [5.74, 6) is 0.815. The van der Waals surface area contributed by atoms with Crippen LogP contribution in [0.3, 0.4) is 0 Å². The molecular formula is C10H24O2. The normalized spacial score (nSPS) is 15.5. The second kappa shape index (κ2) is 7.56. The molecule has 0 unspecified atom stereocenters. The van der Waals surface area contributed by atoms with E-state index in [1.165, 1.54) is 0 Å². The van der Waals surface area contributed by atoms with Crippen molar-refractivity contribution in [1.82, 2.24) is 0 Å². The summed E-state index contributed by atoms with van der Waals surface area (Å²) in [6, 6.07) is 0. The van der Waals surface area contributed by atoms with E-state index < -0.39 is 0 Å². The Morgan fingerprint density at radius 3 is 0.667 bits per heavy atom. The van der Waals surface area contributed by atoms with E-state index in [-0.39, 0.29) is 12.2 Å². The van der Waals surface area contributed by atoms with Gasteiger partial charge in [-0.2, -0.15) is 0 Å². The SMILES string of the molecule is CC(C)[C@H](C)O.CC(C)[C@H](C)O. The summed E-state index contributed by atoms with van der Waals surface area (Å²) in [5.41, 5.74) is 0. The third-order valence-corrected chi connectivity index (χ3v) is 1.93. The molecule has 2 heteroatoms. The maximum atomic E-state index is 8.63. The van der Waals surface area contributed by atoms with Gasteiger partial charge in [-0.15, -0.1) is 0 Å². The van der Waals surface area contributed by atoms with Crippen LogP contribution in [0.25, 0.3) is 0 Å². The quantitative estimate of drug-likeness (QED) is 0.676. The molecule has 0 radical (unpaired) electrons. The Kier molecular flexibility index (Phi) is 9.10. The zero-order valence-corrected chi connectivity index (χ0v) is 9.20. The van der Waals surface area contributed by atoms with E-state index in [0.29, 0.717) is 11.8 Å². The van der Waals surface area contributed by atoms with Crippen molar-refractivity contribution in [2.75, 3.05) is 0 Å². The molecule has 0 spiro atoms. The van der Waals surface area contributed by atoms with Gasteiger partial charge in [-0.1, -0.05) is 27.7 Å². The highest BCUT2D eigenvalue weighted by Crippen LogP contribution is 1.97. The molecule has 0 aliphatic carbocycles. The topological polar surface area (TPSA) is 40.5 Å². The predicted octanol–water partition coefficient (Wildman–Crippen LogP) is 2.05. The summed E-state index contributed by atoms with van der Waals surface area (Å²) in [6.45, 7) is 11.6. The maximum absolute atomic E-state index is 8.63. The van der Waals surface area contributed by atoms with E-state index >= 15 is 0 Å². The molecule has 12 heavy (non-hydrogen) atoms. The van der Waals surface area contributed by atoms with Crippen LogP contribution in [-0.4, -0.2) is 22.4 Å². The van der Waals surface area contributed by atoms with E-state index in [1.54, 1.807) is 13.8 Å². The van der Waals surface area contributed by atoms with Crippen LogP contribution in [0.1, 0.15) is 41.5 Å². The molecule has 0 bridgehead atoms. The Balaban J connectivity index is 0. The largest absolute Gasteiger partial charge is 0.393 e. The maximum Gasteiger partial charge on any atom is 0.0535 e. The molecule has 0 fully saturated rings. The number of hydrogen-bond donors (Lipinski definition) is 2. The molecular weight excluding hydrogens is 152 g/mol. The van der Waals surface area contributed by atoms with Gasteiger partial charge in [-0.25, -0.2) is 0 Å². The van der Waals surface area contributed by atoms with E-state index in [4.69, 9.17) is 10.2 Å². The Labute approximate surface area is 76.6 Å². The second-order valence-corrected chi connectivity index (χ2v) is 3.97. The summed E-state index contributed by atoms with van der Waals surface area (Å²) in [5, 5.41) is 17.3. The van der Waals surface area contributed by atoms with Crippen LogP contribution in [-0.2, 0) is 0 Å². The molecule has 0 aromatic heterocycles. The Morgan fingerprint density at radius 2 is 0.667 bits per heavy atom. The fourth-order valence-corrected chi connectivity index (χ4v) is 0. The number of hydrogen-bond acceptors (Lipinski definition) is 2. The van der Waals surface area contributed by atoms with E-state index in [0.717, 1.165) is 0 Å². The van der Waals surface area contributed by atoms with Gasteiger partial charge in [0.05, 0.1) is 12.2 Å².